The van der Waals surface area contributed by atoms with Gasteiger partial charge in [-0.05, 0) is 11.8 Å². The number of nitrogens with zero attached hydrogens (tertiary/aromatic N) is 1. The zero-order chi connectivity index (χ0) is 8.23. The van der Waals surface area contributed by atoms with Crippen molar-refractivity contribution in [1.29, 1.82) is 0 Å². The number of benzene rings is 1. The van der Waals surface area contributed by atoms with Crippen LogP contribution in [0.15, 0.2) is 48.7 Å². The van der Waals surface area contributed by atoms with Crippen LogP contribution in [0.4, 0.5) is 0 Å². The predicted molar refractivity (Wildman–Crippen MR) is 52.1 cm³/mol. The van der Waals surface area contributed by atoms with Crippen LogP contribution < -0.4 is 0 Å². The zero-order valence-electron chi connectivity index (χ0n) is 7.40. The molecular weight excluding hydrogens is 354 g/mol. The number of pyridine rings is 1. The largest absolute Gasteiger partial charge is 0.412 e. The van der Waals surface area contributed by atoms with Crippen molar-refractivity contribution in [2.75, 3.05) is 0 Å². The summed E-state index contributed by atoms with van der Waals surface area (Å²) in [7, 11) is 0. The molecule has 0 fully saturated rings. The van der Waals surface area contributed by atoms with Gasteiger partial charge in [0, 0.05) is 26.3 Å². The van der Waals surface area contributed by atoms with E-state index in [1.807, 2.05) is 42.5 Å². The van der Waals surface area contributed by atoms with Gasteiger partial charge in [0.15, 0.2) is 0 Å². The maximum atomic E-state index is 4.22. The second kappa shape index (κ2) is 6.44. The molecule has 1 heterocycles. The van der Waals surface area contributed by atoms with Crippen molar-refractivity contribution in [3.63, 3.8) is 0 Å². The fourth-order valence-corrected chi connectivity index (χ4v) is 1.07. The van der Waals surface area contributed by atoms with E-state index in [0.717, 1.165) is 11.3 Å². The monoisotopic (exact) mass is 365 g/mol. The Morgan fingerprint density at radius 3 is 2.36 bits per heavy atom. The first-order valence-corrected chi connectivity index (χ1v) is 3.85. The number of rotatable bonds is 1. The van der Waals surface area contributed by atoms with Crippen molar-refractivity contribution in [2.45, 2.75) is 0 Å². The van der Waals surface area contributed by atoms with Crippen molar-refractivity contribution < 1.29 is 25.6 Å². The van der Waals surface area contributed by atoms with Gasteiger partial charge in [0.2, 0.25) is 0 Å². The summed E-state index contributed by atoms with van der Waals surface area (Å²) in [5.41, 5.74) is 2.01. The molecular formula is C11H10IrNO-. The fraction of sp³-hybridized carbons (Fsp3) is 0. The van der Waals surface area contributed by atoms with E-state index in [9.17, 15) is 0 Å². The Morgan fingerprint density at radius 2 is 1.79 bits per heavy atom. The first-order valence-electron chi connectivity index (χ1n) is 3.85. The smallest absolute Gasteiger partial charge is 0.0160 e. The Balaban J connectivity index is 0.000000845. The quantitative estimate of drug-likeness (QED) is 0.711. The van der Waals surface area contributed by atoms with Crippen LogP contribution in [-0.2, 0) is 20.1 Å². The molecule has 0 saturated carbocycles. The second-order valence-corrected chi connectivity index (χ2v) is 2.49. The molecule has 2 rings (SSSR count). The van der Waals surface area contributed by atoms with Crippen molar-refractivity contribution in [1.82, 2.24) is 4.98 Å². The van der Waals surface area contributed by atoms with Crippen molar-refractivity contribution >= 4 is 0 Å². The minimum atomic E-state index is 0. The third-order valence-electron chi connectivity index (χ3n) is 1.65. The Morgan fingerprint density at radius 1 is 1.00 bits per heavy atom. The van der Waals surface area contributed by atoms with E-state index < -0.39 is 0 Å². The van der Waals surface area contributed by atoms with Crippen LogP contribution in [0.3, 0.4) is 0 Å². The van der Waals surface area contributed by atoms with Gasteiger partial charge in [-0.1, -0.05) is 12.1 Å². The summed E-state index contributed by atoms with van der Waals surface area (Å²) < 4.78 is 0. The van der Waals surface area contributed by atoms with Gasteiger partial charge in [0.1, 0.15) is 0 Å². The maximum absolute atomic E-state index is 4.22. The predicted octanol–water partition coefficient (Wildman–Crippen LogP) is 1.72. The van der Waals surface area contributed by atoms with E-state index in [4.69, 9.17) is 0 Å². The summed E-state index contributed by atoms with van der Waals surface area (Å²) in [5, 5.41) is 0. The van der Waals surface area contributed by atoms with Gasteiger partial charge in [-0.15, -0.1) is 35.9 Å². The summed E-state index contributed by atoms with van der Waals surface area (Å²) in [6.45, 7) is 0. The van der Waals surface area contributed by atoms with Gasteiger partial charge >= 0.3 is 0 Å². The van der Waals surface area contributed by atoms with Gasteiger partial charge in [-0.3, -0.25) is 0 Å². The Bertz CT molecular complexity index is 313. The van der Waals surface area contributed by atoms with Crippen molar-refractivity contribution in [2.24, 2.45) is 0 Å². The van der Waals surface area contributed by atoms with E-state index in [0.29, 0.717) is 0 Å². The van der Waals surface area contributed by atoms with Gasteiger partial charge in [-0.2, -0.15) is 0 Å². The molecule has 2 aromatic rings. The number of aromatic nitrogens is 1. The first kappa shape index (κ1) is 13.0. The molecule has 0 amide bonds. The van der Waals surface area contributed by atoms with Crippen LogP contribution >= 0.6 is 0 Å². The summed E-state index contributed by atoms with van der Waals surface area (Å²) in [4.78, 5) is 4.22. The molecule has 2 N–H and O–H groups in total. The van der Waals surface area contributed by atoms with Gasteiger partial charge < -0.3 is 10.5 Å². The molecule has 0 saturated heterocycles. The minimum Gasteiger partial charge on any atom is -0.412 e. The fourth-order valence-electron chi connectivity index (χ4n) is 1.07. The number of hydrogen-bond acceptors (Lipinski definition) is 1. The minimum absolute atomic E-state index is 0. The average Bonchev–Trinajstić information content (AvgIpc) is 2.21. The van der Waals surface area contributed by atoms with E-state index in [1.54, 1.807) is 6.20 Å². The third-order valence-corrected chi connectivity index (χ3v) is 1.65. The standard InChI is InChI=1S/C11H8N.Ir.H2O/c1-2-6-10(7-3-1)11-8-4-5-9-12-11;;/h1-6,8-9H;;1H2/q-1;;. The molecule has 2 nitrogen and oxygen atoms in total. The Labute approximate surface area is 96.7 Å². The maximum Gasteiger partial charge on any atom is 0.0160 e. The van der Waals surface area contributed by atoms with E-state index in [1.165, 1.54) is 0 Å². The molecule has 1 aromatic carbocycles. The summed E-state index contributed by atoms with van der Waals surface area (Å²) in [6.07, 6.45) is 1.79. The molecule has 1 aromatic heterocycles. The van der Waals surface area contributed by atoms with Crippen LogP contribution in [0.2, 0.25) is 0 Å². The van der Waals surface area contributed by atoms with Gasteiger partial charge in [0.05, 0.1) is 0 Å². The van der Waals surface area contributed by atoms with Gasteiger partial charge in [0.25, 0.3) is 0 Å². The average molecular weight is 364 g/mol. The molecule has 1 radical (unpaired) electrons. The van der Waals surface area contributed by atoms with E-state index in [2.05, 4.69) is 11.1 Å². The van der Waals surface area contributed by atoms with Crippen LogP contribution in [0, 0.1) is 6.07 Å². The van der Waals surface area contributed by atoms with Crippen LogP contribution in [-0.4, -0.2) is 10.5 Å². The normalized spacial score (nSPS) is 8.29. The first-order chi connectivity index (χ1) is 5.97. The molecule has 0 aliphatic carbocycles. The van der Waals surface area contributed by atoms with E-state index in [-0.39, 0.29) is 25.6 Å². The van der Waals surface area contributed by atoms with Crippen LogP contribution in [0.1, 0.15) is 0 Å². The van der Waals surface area contributed by atoms with Crippen LogP contribution in [0.5, 0.6) is 0 Å². The molecule has 0 atom stereocenters. The molecule has 0 spiro atoms. The second-order valence-electron chi connectivity index (χ2n) is 2.49. The summed E-state index contributed by atoms with van der Waals surface area (Å²) >= 11 is 0. The molecule has 0 aliphatic heterocycles. The zero-order valence-corrected chi connectivity index (χ0v) is 9.79. The third kappa shape index (κ3) is 3.04. The molecule has 3 heteroatoms. The number of hydrogen-bond donors (Lipinski definition) is 0. The molecule has 0 aliphatic rings. The summed E-state index contributed by atoms with van der Waals surface area (Å²) in [5.74, 6) is 0. The molecule has 14 heavy (non-hydrogen) atoms. The Hall–Kier alpha value is -1.02. The summed E-state index contributed by atoms with van der Waals surface area (Å²) in [6, 6.07) is 16.8. The van der Waals surface area contributed by atoms with Crippen molar-refractivity contribution in [3.05, 3.63) is 54.7 Å². The van der Waals surface area contributed by atoms with Crippen molar-refractivity contribution in [3.8, 4) is 11.3 Å². The molecule has 0 unspecified atom stereocenters. The van der Waals surface area contributed by atoms with Crippen LogP contribution in [0.25, 0.3) is 11.3 Å². The Kier molecular flexibility index (Phi) is 5.97. The molecule has 75 valence electrons. The molecule has 0 bridgehead atoms. The topological polar surface area (TPSA) is 44.4 Å². The van der Waals surface area contributed by atoms with Gasteiger partial charge in [-0.25, -0.2) is 0 Å². The van der Waals surface area contributed by atoms with E-state index >= 15 is 0 Å². The SMILES string of the molecule is O.[Ir].[c-]1ccccc1-c1ccccn1.